The number of ether oxygens (including phenoxy) is 1. The highest BCUT2D eigenvalue weighted by Crippen LogP contribution is 2.31. The topological polar surface area (TPSA) is 9.23 Å². The van der Waals surface area contributed by atoms with Crippen molar-refractivity contribution in [2.75, 3.05) is 0 Å². The summed E-state index contributed by atoms with van der Waals surface area (Å²) in [7, 11) is 0. The van der Waals surface area contributed by atoms with Crippen LogP contribution in [0.5, 0.6) is 5.75 Å². The van der Waals surface area contributed by atoms with E-state index in [-0.39, 0.29) is 0 Å². The van der Waals surface area contributed by atoms with Crippen LogP contribution in [-0.2, 0) is 6.61 Å². The lowest BCUT2D eigenvalue weighted by Gasteiger charge is -2.11. The lowest BCUT2D eigenvalue weighted by molar-refractivity contribution is 0.310. The summed E-state index contributed by atoms with van der Waals surface area (Å²) >= 11 is 0. The standard InChI is InChI=1S/C21H16O/c1-2-7-16(8-3-1)15-22-21-12-6-11-19-18-10-5-4-9-17(18)13-14-20(19)21/h1-14H,15H2. The van der Waals surface area contributed by atoms with Gasteiger partial charge in [-0.25, -0.2) is 0 Å². The Labute approximate surface area is 129 Å². The quantitative estimate of drug-likeness (QED) is 0.447. The van der Waals surface area contributed by atoms with E-state index in [1.807, 2.05) is 24.3 Å². The smallest absolute Gasteiger partial charge is 0.127 e. The number of hydrogen-bond donors (Lipinski definition) is 0. The van der Waals surface area contributed by atoms with Crippen molar-refractivity contribution < 1.29 is 4.74 Å². The zero-order valence-corrected chi connectivity index (χ0v) is 12.2. The first kappa shape index (κ1) is 12.9. The molecule has 1 nitrogen and oxygen atoms in total. The monoisotopic (exact) mass is 284 g/mol. The Bertz CT molecular complexity index is 926. The lowest BCUT2D eigenvalue weighted by Crippen LogP contribution is -1.95. The molecule has 0 bridgehead atoms. The molecule has 22 heavy (non-hydrogen) atoms. The van der Waals surface area contributed by atoms with E-state index in [1.165, 1.54) is 21.7 Å². The summed E-state index contributed by atoms with van der Waals surface area (Å²) in [6, 6.07) is 29.3. The second kappa shape index (κ2) is 5.53. The first-order valence-corrected chi connectivity index (χ1v) is 7.49. The highest BCUT2D eigenvalue weighted by Gasteiger charge is 2.05. The molecule has 4 aromatic rings. The van der Waals surface area contributed by atoms with Crippen LogP contribution in [0.4, 0.5) is 0 Å². The lowest BCUT2D eigenvalue weighted by atomic mass is 10.0. The van der Waals surface area contributed by atoms with E-state index in [2.05, 4.69) is 60.7 Å². The maximum atomic E-state index is 6.05. The minimum absolute atomic E-state index is 0.590. The van der Waals surface area contributed by atoms with E-state index in [4.69, 9.17) is 4.74 Å². The van der Waals surface area contributed by atoms with Crippen LogP contribution in [0.25, 0.3) is 21.5 Å². The van der Waals surface area contributed by atoms with Gasteiger partial charge >= 0.3 is 0 Å². The molecule has 0 saturated carbocycles. The number of benzene rings is 4. The maximum absolute atomic E-state index is 6.05. The third kappa shape index (κ3) is 2.31. The van der Waals surface area contributed by atoms with Gasteiger partial charge in [-0.1, -0.05) is 78.9 Å². The van der Waals surface area contributed by atoms with Gasteiger partial charge in [0.2, 0.25) is 0 Å². The van der Waals surface area contributed by atoms with E-state index < -0.39 is 0 Å². The van der Waals surface area contributed by atoms with Gasteiger partial charge in [0.1, 0.15) is 12.4 Å². The first-order chi connectivity index (χ1) is 10.9. The summed E-state index contributed by atoms with van der Waals surface area (Å²) in [6.07, 6.45) is 0. The fourth-order valence-electron chi connectivity index (χ4n) is 2.87. The van der Waals surface area contributed by atoms with Crippen molar-refractivity contribution in [1.29, 1.82) is 0 Å². The van der Waals surface area contributed by atoms with Crippen molar-refractivity contribution in [2.45, 2.75) is 6.61 Å². The molecule has 0 aliphatic carbocycles. The molecule has 4 rings (SSSR count). The molecule has 4 aromatic carbocycles. The molecule has 0 saturated heterocycles. The van der Waals surface area contributed by atoms with E-state index in [0.29, 0.717) is 6.61 Å². The fraction of sp³-hybridized carbons (Fsp3) is 0.0476. The zero-order chi connectivity index (χ0) is 14.8. The Morgan fingerprint density at radius 2 is 1.32 bits per heavy atom. The predicted molar refractivity (Wildman–Crippen MR) is 92.2 cm³/mol. The molecule has 0 heterocycles. The van der Waals surface area contributed by atoms with Crippen LogP contribution in [0, 0.1) is 0 Å². The number of hydrogen-bond acceptors (Lipinski definition) is 1. The van der Waals surface area contributed by atoms with Gasteiger partial charge in [0.05, 0.1) is 0 Å². The fourth-order valence-corrected chi connectivity index (χ4v) is 2.87. The first-order valence-electron chi connectivity index (χ1n) is 7.49. The van der Waals surface area contributed by atoms with Gasteiger partial charge in [-0.15, -0.1) is 0 Å². The Morgan fingerprint density at radius 1 is 0.545 bits per heavy atom. The van der Waals surface area contributed by atoms with E-state index in [9.17, 15) is 0 Å². The third-order valence-corrected chi connectivity index (χ3v) is 3.98. The third-order valence-electron chi connectivity index (χ3n) is 3.98. The van der Waals surface area contributed by atoms with Crippen molar-refractivity contribution in [2.24, 2.45) is 0 Å². The van der Waals surface area contributed by atoms with Gasteiger partial charge in [0, 0.05) is 5.39 Å². The van der Waals surface area contributed by atoms with Crippen LogP contribution in [0.15, 0.2) is 84.9 Å². The van der Waals surface area contributed by atoms with Crippen molar-refractivity contribution in [3.05, 3.63) is 90.5 Å². The summed E-state index contributed by atoms with van der Waals surface area (Å²) < 4.78 is 6.05. The van der Waals surface area contributed by atoms with E-state index >= 15 is 0 Å². The van der Waals surface area contributed by atoms with Gasteiger partial charge in [0.15, 0.2) is 0 Å². The average molecular weight is 284 g/mol. The van der Waals surface area contributed by atoms with E-state index in [1.54, 1.807) is 0 Å². The van der Waals surface area contributed by atoms with Gasteiger partial charge in [-0.2, -0.15) is 0 Å². The van der Waals surface area contributed by atoms with Gasteiger partial charge < -0.3 is 4.74 Å². The van der Waals surface area contributed by atoms with Crippen molar-refractivity contribution >= 4 is 21.5 Å². The molecule has 0 N–H and O–H groups in total. The molecule has 0 spiro atoms. The second-order valence-corrected chi connectivity index (χ2v) is 5.41. The van der Waals surface area contributed by atoms with Gasteiger partial charge in [-0.05, 0) is 27.8 Å². The van der Waals surface area contributed by atoms with Crippen LogP contribution < -0.4 is 4.74 Å². The Balaban J connectivity index is 1.76. The molecule has 1 heteroatoms. The highest BCUT2D eigenvalue weighted by molar-refractivity contribution is 6.09. The molecule has 106 valence electrons. The summed E-state index contributed by atoms with van der Waals surface area (Å²) in [5.41, 5.74) is 1.18. The molecular formula is C21H16O. The SMILES string of the molecule is c1ccc(COc2cccc3c2ccc2ccccc23)cc1. The summed E-state index contributed by atoms with van der Waals surface area (Å²) in [5.74, 6) is 0.937. The molecule has 0 aromatic heterocycles. The molecule has 0 radical (unpaired) electrons. The van der Waals surface area contributed by atoms with Crippen LogP contribution in [0.3, 0.4) is 0 Å². The summed E-state index contributed by atoms with van der Waals surface area (Å²) in [6.45, 7) is 0.590. The van der Waals surface area contributed by atoms with Crippen molar-refractivity contribution in [3.8, 4) is 5.75 Å². The molecule has 0 fully saturated rings. The van der Waals surface area contributed by atoms with E-state index in [0.717, 1.165) is 11.1 Å². The Hall–Kier alpha value is -2.80. The van der Waals surface area contributed by atoms with Crippen LogP contribution in [0.1, 0.15) is 5.56 Å². The van der Waals surface area contributed by atoms with Gasteiger partial charge in [0.25, 0.3) is 0 Å². The second-order valence-electron chi connectivity index (χ2n) is 5.41. The zero-order valence-electron chi connectivity index (χ0n) is 12.2. The normalized spacial score (nSPS) is 10.9. The van der Waals surface area contributed by atoms with Crippen LogP contribution >= 0.6 is 0 Å². The predicted octanol–water partition coefficient (Wildman–Crippen LogP) is 5.57. The minimum Gasteiger partial charge on any atom is -0.488 e. The van der Waals surface area contributed by atoms with Crippen LogP contribution in [0.2, 0.25) is 0 Å². The average Bonchev–Trinajstić information content (AvgIpc) is 2.60. The Morgan fingerprint density at radius 3 is 2.23 bits per heavy atom. The van der Waals surface area contributed by atoms with Crippen molar-refractivity contribution in [1.82, 2.24) is 0 Å². The van der Waals surface area contributed by atoms with Gasteiger partial charge in [-0.3, -0.25) is 0 Å². The molecule has 0 amide bonds. The largest absolute Gasteiger partial charge is 0.488 e. The van der Waals surface area contributed by atoms with Crippen molar-refractivity contribution in [3.63, 3.8) is 0 Å². The number of rotatable bonds is 3. The molecule has 0 unspecified atom stereocenters. The Kier molecular flexibility index (Phi) is 3.24. The van der Waals surface area contributed by atoms with Crippen LogP contribution in [-0.4, -0.2) is 0 Å². The molecule has 0 atom stereocenters. The molecule has 0 aliphatic rings. The highest BCUT2D eigenvalue weighted by atomic mass is 16.5. The maximum Gasteiger partial charge on any atom is 0.127 e. The minimum atomic E-state index is 0.590. The number of fused-ring (bicyclic) bond motifs is 3. The molecular weight excluding hydrogens is 268 g/mol. The molecule has 0 aliphatic heterocycles. The summed E-state index contributed by atoms with van der Waals surface area (Å²) in [5, 5.41) is 4.93. The summed E-state index contributed by atoms with van der Waals surface area (Å²) in [4.78, 5) is 0.